The van der Waals surface area contributed by atoms with Crippen molar-refractivity contribution in [1.82, 2.24) is 0 Å². The first-order valence-electron chi connectivity index (χ1n) is 18.0. The van der Waals surface area contributed by atoms with E-state index >= 15 is 0 Å². The summed E-state index contributed by atoms with van der Waals surface area (Å²) >= 11 is 0. The monoisotopic (exact) mass is 665 g/mol. The number of benzene rings is 8. The molecule has 12 rings (SSSR count). The van der Waals surface area contributed by atoms with E-state index in [-0.39, 0.29) is 5.41 Å². The quantitative estimate of drug-likeness (QED) is 0.184. The number of hydrogen-bond acceptors (Lipinski definition) is 3. The Kier molecular flexibility index (Phi) is 5.31. The Morgan fingerprint density at radius 2 is 1.02 bits per heavy atom. The number of rotatable bonds is 2. The normalized spacial score (nSPS) is 14.1. The molecule has 4 heterocycles. The van der Waals surface area contributed by atoms with Crippen LogP contribution in [0.25, 0.3) is 88.0 Å². The molecule has 0 amide bonds. The predicted molar refractivity (Wildman–Crippen MR) is 215 cm³/mol. The Bertz CT molecular complexity index is 3170. The molecule has 0 bridgehead atoms. The molecule has 10 aromatic rings. The SMILES string of the molecule is CC1(C)c2cc(-c3cccc4c3oc3ccccc34)ccc2N2c3c(cc(-c4cccc5c4oc4ccccc45)cc31)-c1cccc3cccc2c13. The van der Waals surface area contributed by atoms with Crippen LogP contribution in [0.5, 0.6) is 0 Å². The van der Waals surface area contributed by atoms with Crippen molar-refractivity contribution in [3.8, 4) is 33.4 Å². The zero-order valence-corrected chi connectivity index (χ0v) is 28.7. The first-order chi connectivity index (χ1) is 25.5. The minimum Gasteiger partial charge on any atom is -0.455 e. The van der Waals surface area contributed by atoms with Gasteiger partial charge in [0.05, 0.1) is 17.1 Å². The van der Waals surface area contributed by atoms with Crippen molar-refractivity contribution >= 4 is 71.7 Å². The van der Waals surface area contributed by atoms with E-state index in [0.717, 1.165) is 66.1 Å². The van der Waals surface area contributed by atoms with Crippen molar-refractivity contribution in [3.05, 3.63) is 163 Å². The van der Waals surface area contributed by atoms with Gasteiger partial charge in [0.15, 0.2) is 0 Å². The topological polar surface area (TPSA) is 29.5 Å². The van der Waals surface area contributed by atoms with Crippen molar-refractivity contribution in [3.63, 3.8) is 0 Å². The van der Waals surface area contributed by atoms with Crippen LogP contribution in [0.1, 0.15) is 25.0 Å². The molecule has 0 N–H and O–H groups in total. The summed E-state index contributed by atoms with van der Waals surface area (Å²) in [7, 11) is 0. The number of para-hydroxylation sites is 4. The predicted octanol–water partition coefficient (Wildman–Crippen LogP) is 14.1. The van der Waals surface area contributed by atoms with Crippen LogP contribution in [0.3, 0.4) is 0 Å². The maximum absolute atomic E-state index is 6.62. The lowest BCUT2D eigenvalue weighted by atomic mass is 9.70. The first-order valence-corrected chi connectivity index (χ1v) is 18.0. The second-order valence-corrected chi connectivity index (χ2v) is 14.9. The van der Waals surface area contributed by atoms with Crippen molar-refractivity contribution in [2.45, 2.75) is 19.3 Å². The van der Waals surface area contributed by atoms with Gasteiger partial charge in [-0.3, -0.25) is 0 Å². The number of hydrogen-bond donors (Lipinski definition) is 0. The Morgan fingerprint density at radius 1 is 0.442 bits per heavy atom. The average molecular weight is 666 g/mol. The van der Waals surface area contributed by atoms with E-state index in [4.69, 9.17) is 8.83 Å². The highest BCUT2D eigenvalue weighted by atomic mass is 16.3. The molecule has 0 fully saturated rings. The van der Waals surface area contributed by atoms with Gasteiger partial charge in [0, 0.05) is 49.0 Å². The zero-order chi connectivity index (χ0) is 34.3. The number of anilines is 3. The van der Waals surface area contributed by atoms with Crippen LogP contribution in [0.2, 0.25) is 0 Å². The molecule has 0 atom stereocenters. The largest absolute Gasteiger partial charge is 0.455 e. The van der Waals surface area contributed by atoms with Gasteiger partial charge in [0.1, 0.15) is 22.3 Å². The van der Waals surface area contributed by atoms with Gasteiger partial charge in [-0.05, 0) is 75.7 Å². The summed E-state index contributed by atoms with van der Waals surface area (Å²) in [5.74, 6) is 0. The Balaban J connectivity index is 1.15. The third-order valence-corrected chi connectivity index (χ3v) is 11.8. The summed E-state index contributed by atoms with van der Waals surface area (Å²) in [5.41, 5.74) is 16.7. The van der Waals surface area contributed by atoms with Crippen LogP contribution < -0.4 is 4.90 Å². The van der Waals surface area contributed by atoms with E-state index in [2.05, 4.69) is 158 Å². The summed E-state index contributed by atoms with van der Waals surface area (Å²) in [6.45, 7) is 4.77. The molecule has 0 unspecified atom stereocenters. The molecule has 0 saturated carbocycles. The lowest BCUT2D eigenvalue weighted by Gasteiger charge is -2.46. The van der Waals surface area contributed by atoms with Gasteiger partial charge in [-0.25, -0.2) is 0 Å². The first kappa shape index (κ1) is 28.2. The summed E-state index contributed by atoms with van der Waals surface area (Å²) < 4.78 is 13.2. The van der Waals surface area contributed by atoms with Crippen molar-refractivity contribution < 1.29 is 8.83 Å². The second kappa shape index (κ2) is 9.80. The van der Waals surface area contributed by atoms with Crippen LogP contribution in [0.15, 0.2) is 160 Å². The van der Waals surface area contributed by atoms with Crippen LogP contribution >= 0.6 is 0 Å². The molecule has 8 aromatic carbocycles. The standard InChI is InChI=1S/C49H31NO2/c1-49(2)39-26-29(31-15-9-18-36-33-13-3-5-21-43(33)51-47(31)36)23-24-41(39)50-42-20-8-12-28-11-7-17-35(45(28)42)38-25-30(27-40(49)46(38)50)32-16-10-19-37-34-14-4-6-22-44(34)52-48(32)37/h3-27H,1-2H3. The zero-order valence-electron chi connectivity index (χ0n) is 28.7. The molecule has 0 radical (unpaired) electrons. The van der Waals surface area contributed by atoms with E-state index in [0.29, 0.717) is 0 Å². The van der Waals surface area contributed by atoms with Crippen molar-refractivity contribution in [2.24, 2.45) is 0 Å². The molecule has 2 aliphatic heterocycles. The van der Waals surface area contributed by atoms with Gasteiger partial charge >= 0.3 is 0 Å². The maximum atomic E-state index is 6.62. The summed E-state index contributed by atoms with van der Waals surface area (Å²) in [6.07, 6.45) is 0. The smallest absolute Gasteiger partial charge is 0.143 e. The summed E-state index contributed by atoms with van der Waals surface area (Å²) in [5, 5.41) is 7.10. The molecule has 0 aliphatic carbocycles. The van der Waals surface area contributed by atoms with E-state index in [1.54, 1.807) is 0 Å². The summed E-state index contributed by atoms with van der Waals surface area (Å²) in [6, 6.07) is 55.0. The molecule has 3 heteroatoms. The molecular weight excluding hydrogens is 635 g/mol. The molecule has 2 aliphatic rings. The van der Waals surface area contributed by atoms with Gasteiger partial charge in [-0.2, -0.15) is 0 Å². The molecule has 2 aromatic heterocycles. The number of furan rings is 2. The van der Waals surface area contributed by atoms with Crippen LogP contribution in [-0.4, -0.2) is 0 Å². The Morgan fingerprint density at radius 3 is 1.73 bits per heavy atom. The number of fused-ring (bicyclic) bond motifs is 10. The lowest BCUT2D eigenvalue weighted by Crippen LogP contribution is -2.32. The fraction of sp³-hybridized carbons (Fsp3) is 0.0612. The third-order valence-electron chi connectivity index (χ3n) is 11.8. The maximum Gasteiger partial charge on any atom is 0.143 e. The summed E-state index contributed by atoms with van der Waals surface area (Å²) in [4.78, 5) is 2.53. The molecule has 3 nitrogen and oxygen atoms in total. The van der Waals surface area contributed by atoms with Crippen LogP contribution in [0.4, 0.5) is 17.1 Å². The fourth-order valence-corrected chi connectivity index (χ4v) is 9.31. The van der Waals surface area contributed by atoms with E-state index in [1.165, 1.54) is 50.1 Å². The van der Waals surface area contributed by atoms with Crippen molar-refractivity contribution in [2.75, 3.05) is 4.90 Å². The highest BCUT2D eigenvalue weighted by Crippen LogP contribution is 2.61. The highest BCUT2D eigenvalue weighted by Gasteiger charge is 2.42. The molecule has 0 spiro atoms. The van der Waals surface area contributed by atoms with E-state index in [1.807, 2.05) is 12.1 Å². The van der Waals surface area contributed by atoms with Gasteiger partial charge < -0.3 is 13.7 Å². The van der Waals surface area contributed by atoms with E-state index in [9.17, 15) is 0 Å². The Labute approximate surface area is 299 Å². The Hall–Kier alpha value is -6.58. The minimum atomic E-state index is -0.328. The van der Waals surface area contributed by atoms with Crippen molar-refractivity contribution in [1.29, 1.82) is 0 Å². The lowest BCUT2D eigenvalue weighted by molar-refractivity contribution is 0.632. The second-order valence-electron chi connectivity index (χ2n) is 14.9. The van der Waals surface area contributed by atoms with Gasteiger partial charge in [-0.15, -0.1) is 0 Å². The highest BCUT2D eigenvalue weighted by molar-refractivity contribution is 6.17. The van der Waals surface area contributed by atoms with E-state index < -0.39 is 0 Å². The van der Waals surface area contributed by atoms with Gasteiger partial charge in [0.25, 0.3) is 0 Å². The van der Waals surface area contributed by atoms with Crippen LogP contribution in [0, 0.1) is 0 Å². The molecule has 244 valence electrons. The molecular formula is C49H31NO2. The minimum absolute atomic E-state index is 0.328. The molecule has 52 heavy (non-hydrogen) atoms. The van der Waals surface area contributed by atoms with Gasteiger partial charge in [0.2, 0.25) is 0 Å². The van der Waals surface area contributed by atoms with Crippen LogP contribution in [-0.2, 0) is 5.41 Å². The molecule has 0 saturated heterocycles. The number of nitrogens with zero attached hydrogens (tertiary/aromatic N) is 1. The third kappa shape index (κ3) is 3.55. The van der Waals surface area contributed by atoms with Gasteiger partial charge in [-0.1, -0.05) is 123 Å². The fourth-order valence-electron chi connectivity index (χ4n) is 9.31. The average Bonchev–Trinajstić information content (AvgIpc) is 3.76.